The van der Waals surface area contributed by atoms with Crippen molar-refractivity contribution in [3.63, 3.8) is 0 Å². The van der Waals surface area contributed by atoms with E-state index in [1.165, 1.54) is 6.07 Å². The number of fused-ring (bicyclic) bond motifs is 1. The van der Waals surface area contributed by atoms with Gasteiger partial charge in [-0.3, -0.25) is 0 Å². The van der Waals surface area contributed by atoms with Crippen LogP contribution in [-0.4, -0.2) is 37.3 Å². The fourth-order valence-corrected chi connectivity index (χ4v) is 3.23. The quantitative estimate of drug-likeness (QED) is 0.417. The van der Waals surface area contributed by atoms with Crippen LogP contribution in [0.5, 0.6) is 0 Å². The fraction of sp³-hybridized carbons (Fsp3) is 0.190. The average molecular weight is 436 g/mol. The molecule has 4 rings (SSSR count). The molecule has 164 valence electrons. The lowest BCUT2D eigenvalue weighted by molar-refractivity contribution is 0.151. The Morgan fingerprint density at radius 2 is 1.88 bits per heavy atom. The molecule has 0 atom stereocenters. The third kappa shape index (κ3) is 4.13. The molecule has 10 nitrogen and oxygen atoms in total. The second kappa shape index (κ2) is 8.84. The first-order valence-corrected chi connectivity index (χ1v) is 9.86. The van der Waals surface area contributed by atoms with Crippen molar-refractivity contribution in [1.82, 2.24) is 29.9 Å². The maximum Gasteiger partial charge on any atom is 0.407 e. The van der Waals surface area contributed by atoms with Gasteiger partial charge in [0, 0.05) is 12.6 Å². The first kappa shape index (κ1) is 21.0. The van der Waals surface area contributed by atoms with Gasteiger partial charge in [0.25, 0.3) is 0 Å². The van der Waals surface area contributed by atoms with E-state index in [1.807, 2.05) is 0 Å². The Morgan fingerprint density at radius 1 is 1.12 bits per heavy atom. The smallest absolute Gasteiger partial charge is 0.407 e. The average Bonchev–Trinajstić information content (AvgIpc) is 3.13. The molecule has 11 heteroatoms. The van der Waals surface area contributed by atoms with Crippen LogP contribution in [-0.2, 0) is 17.7 Å². The summed E-state index contributed by atoms with van der Waals surface area (Å²) in [7, 11) is 0. The SMILES string of the molecule is CCOC(=O)NCc1c(N)nc(-c2nc(Cc3ccccc3F)n3ncccc23)nc1N. The molecule has 1 aromatic carbocycles. The van der Waals surface area contributed by atoms with Crippen molar-refractivity contribution < 1.29 is 13.9 Å². The fourth-order valence-electron chi connectivity index (χ4n) is 3.23. The number of halogens is 1. The van der Waals surface area contributed by atoms with Crippen molar-refractivity contribution in [2.45, 2.75) is 19.9 Å². The molecule has 0 aliphatic rings. The number of nitrogens with two attached hydrogens (primary N) is 2. The highest BCUT2D eigenvalue weighted by molar-refractivity contribution is 5.75. The van der Waals surface area contributed by atoms with Crippen LogP contribution in [0.15, 0.2) is 42.6 Å². The van der Waals surface area contributed by atoms with Gasteiger partial charge in [-0.2, -0.15) is 5.10 Å². The number of imidazole rings is 1. The molecule has 0 aliphatic heterocycles. The molecule has 0 radical (unpaired) electrons. The highest BCUT2D eigenvalue weighted by Crippen LogP contribution is 2.26. The number of alkyl carbamates (subject to hydrolysis) is 1. The van der Waals surface area contributed by atoms with Gasteiger partial charge in [-0.05, 0) is 30.7 Å². The second-order valence-electron chi connectivity index (χ2n) is 6.84. The Labute approximate surface area is 182 Å². The summed E-state index contributed by atoms with van der Waals surface area (Å²) in [5.74, 6) is 0.583. The number of nitrogens with zero attached hydrogens (tertiary/aromatic N) is 5. The Kier molecular flexibility index (Phi) is 5.79. The van der Waals surface area contributed by atoms with Gasteiger partial charge in [0.05, 0.1) is 24.2 Å². The molecule has 0 fully saturated rings. The van der Waals surface area contributed by atoms with Gasteiger partial charge in [0.1, 0.15) is 29.0 Å². The van der Waals surface area contributed by atoms with Gasteiger partial charge >= 0.3 is 6.09 Å². The number of nitrogens with one attached hydrogen (secondary N) is 1. The van der Waals surface area contributed by atoms with E-state index in [-0.39, 0.29) is 42.8 Å². The number of hydrogen-bond acceptors (Lipinski definition) is 8. The van der Waals surface area contributed by atoms with Crippen LogP contribution in [0.4, 0.5) is 20.8 Å². The minimum absolute atomic E-state index is 0.0147. The minimum atomic E-state index is -0.598. The van der Waals surface area contributed by atoms with Crippen molar-refractivity contribution in [2.75, 3.05) is 18.1 Å². The summed E-state index contributed by atoms with van der Waals surface area (Å²) in [6.45, 7) is 1.95. The summed E-state index contributed by atoms with van der Waals surface area (Å²) in [4.78, 5) is 24.8. The Balaban J connectivity index is 1.71. The topological polar surface area (TPSA) is 146 Å². The van der Waals surface area contributed by atoms with E-state index in [0.717, 1.165) is 0 Å². The second-order valence-corrected chi connectivity index (χ2v) is 6.84. The van der Waals surface area contributed by atoms with Gasteiger partial charge < -0.3 is 21.5 Å². The number of anilines is 2. The largest absolute Gasteiger partial charge is 0.450 e. The number of carbonyl (C=O) groups is 1. The molecule has 0 aliphatic carbocycles. The van der Waals surface area contributed by atoms with E-state index in [4.69, 9.17) is 16.2 Å². The van der Waals surface area contributed by atoms with E-state index in [0.29, 0.717) is 28.2 Å². The highest BCUT2D eigenvalue weighted by atomic mass is 19.1. The summed E-state index contributed by atoms with van der Waals surface area (Å²) in [6.07, 6.45) is 1.23. The van der Waals surface area contributed by atoms with E-state index in [1.54, 1.807) is 48.0 Å². The maximum absolute atomic E-state index is 14.2. The maximum atomic E-state index is 14.2. The molecule has 0 saturated heterocycles. The lowest BCUT2D eigenvalue weighted by Crippen LogP contribution is -2.25. The molecule has 4 aromatic rings. The number of carbonyl (C=O) groups excluding carboxylic acids is 1. The van der Waals surface area contributed by atoms with E-state index in [9.17, 15) is 9.18 Å². The van der Waals surface area contributed by atoms with Gasteiger partial charge in [-0.25, -0.2) is 28.7 Å². The monoisotopic (exact) mass is 436 g/mol. The zero-order valence-corrected chi connectivity index (χ0v) is 17.2. The number of nitrogen functional groups attached to an aromatic ring is 2. The summed E-state index contributed by atoms with van der Waals surface area (Å²) < 4.78 is 20.6. The van der Waals surface area contributed by atoms with Crippen LogP contribution in [0.25, 0.3) is 17.0 Å². The molecule has 3 aromatic heterocycles. The number of rotatable bonds is 6. The Hall–Kier alpha value is -4.28. The number of benzene rings is 1. The lowest BCUT2D eigenvalue weighted by Gasteiger charge is -2.10. The summed E-state index contributed by atoms with van der Waals surface area (Å²) in [5, 5.41) is 6.87. The van der Waals surface area contributed by atoms with Crippen molar-refractivity contribution in [3.8, 4) is 11.5 Å². The lowest BCUT2D eigenvalue weighted by atomic mass is 10.1. The summed E-state index contributed by atoms with van der Waals surface area (Å²) >= 11 is 0. The van der Waals surface area contributed by atoms with Gasteiger partial charge in [-0.1, -0.05) is 18.2 Å². The number of amides is 1. The van der Waals surface area contributed by atoms with Crippen molar-refractivity contribution in [1.29, 1.82) is 0 Å². The van der Waals surface area contributed by atoms with Gasteiger partial charge in [0.2, 0.25) is 0 Å². The van der Waals surface area contributed by atoms with E-state index < -0.39 is 6.09 Å². The van der Waals surface area contributed by atoms with Crippen LogP contribution in [0.3, 0.4) is 0 Å². The summed E-state index contributed by atoms with van der Waals surface area (Å²) in [5.41, 5.74) is 14.1. The molecule has 0 saturated carbocycles. The molecule has 1 amide bonds. The molecule has 32 heavy (non-hydrogen) atoms. The standard InChI is InChI=1S/C21H21FN8O2/c1-2-32-21(31)25-11-13-18(23)28-20(29-19(13)24)17-15-8-5-9-26-30(15)16(27-17)10-12-6-3-4-7-14(12)22/h3-9H,2,10-11H2,1H3,(H,25,31)(H4,23,24,28,29). The normalized spacial score (nSPS) is 10.9. The Bertz CT molecular complexity index is 1270. The molecule has 0 unspecified atom stereocenters. The first-order valence-electron chi connectivity index (χ1n) is 9.86. The third-order valence-electron chi connectivity index (χ3n) is 4.75. The van der Waals surface area contributed by atoms with Crippen LogP contribution in [0.1, 0.15) is 23.9 Å². The molecule has 0 spiro atoms. The van der Waals surface area contributed by atoms with Gasteiger partial charge in [0.15, 0.2) is 5.82 Å². The first-order chi connectivity index (χ1) is 15.5. The van der Waals surface area contributed by atoms with Crippen LogP contribution >= 0.6 is 0 Å². The number of hydrogen-bond donors (Lipinski definition) is 3. The zero-order chi connectivity index (χ0) is 22.7. The van der Waals surface area contributed by atoms with Crippen molar-refractivity contribution in [2.24, 2.45) is 0 Å². The zero-order valence-electron chi connectivity index (χ0n) is 17.2. The van der Waals surface area contributed by atoms with Crippen LogP contribution < -0.4 is 16.8 Å². The molecule has 3 heterocycles. The van der Waals surface area contributed by atoms with Crippen LogP contribution in [0, 0.1) is 5.82 Å². The van der Waals surface area contributed by atoms with Gasteiger partial charge in [-0.15, -0.1) is 0 Å². The molecule has 5 N–H and O–H groups in total. The Morgan fingerprint density at radius 3 is 2.59 bits per heavy atom. The predicted molar refractivity (Wildman–Crippen MR) is 116 cm³/mol. The van der Waals surface area contributed by atoms with E-state index in [2.05, 4.69) is 25.4 Å². The molecular formula is C21H21FN8O2. The number of aromatic nitrogens is 5. The number of ether oxygens (including phenoxy) is 1. The summed E-state index contributed by atoms with van der Waals surface area (Å²) in [6, 6.07) is 10.0. The highest BCUT2D eigenvalue weighted by Gasteiger charge is 2.20. The van der Waals surface area contributed by atoms with Crippen LogP contribution in [0.2, 0.25) is 0 Å². The van der Waals surface area contributed by atoms with Crippen molar-refractivity contribution in [3.05, 3.63) is 65.4 Å². The van der Waals surface area contributed by atoms with E-state index >= 15 is 0 Å². The third-order valence-corrected chi connectivity index (χ3v) is 4.75. The van der Waals surface area contributed by atoms with Crippen molar-refractivity contribution >= 4 is 23.2 Å². The molecule has 0 bridgehead atoms. The minimum Gasteiger partial charge on any atom is -0.450 e. The predicted octanol–water partition coefficient (Wildman–Crippen LogP) is 2.33. The molecular weight excluding hydrogens is 415 g/mol.